The van der Waals surface area contributed by atoms with Gasteiger partial charge in [0.05, 0.1) is 36.3 Å². The predicted octanol–water partition coefficient (Wildman–Crippen LogP) is 3.99. The Bertz CT molecular complexity index is 1010. The number of carbonyl (C=O) groups is 2. The first-order chi connectivity index (χ1) is 13.9. The molecular weight excluding hydrogens is 372 g/mol. The molecule has 29 heavy (non-hydrogen) atoms. The summed E-state index contributed by atoms with van der Waals surface area (Å²) < 4.78 is 11.0. The lowest BCUT2D eigenvalue weighted by Crippen LogP contribution is -2.21. The van der Waals surface area contributed by atoms with Gasteiger partial charge in [-0.25, -0.2) is 4.79 Å². The number of ether oxygens (including phenoxy) is 2. The van der Waals surface area contributed by atoms with Gasteiger partial charge in [0.2, 0.25) is 0 Å². The van der Waals surface area contributed by atoms with Crippen molar-refractivity contribution in [1.82, 2.24) is 0 Å². The van der Waals surface area contributed by atoms with Crippen LogP contribution in [0.15, 0.2) is 53.1 Å². The maximum Gasteiger partial charge on any atom is 0.335 e. The van der Waals surface area contributed by atoms with Crippen LogP contribution in [-0.2, 0) is 4.79 Å². The summed E-state index contributed by atoms with van der Waals surface area (Å²) in [5, 5.41) is 14.7. The summed E-state index contributed by atoms with van der Waals surface area (Å²) in [6, 6.07) is 11.6. The van der Waals surface area contributed by atoms with E-state index in [0.717, 1.165) is 12.0 Å². The van der Waals surface area contributed by atoms with Crippen molar-refractivity contribution in [1.29, 1.82) is 0 Å². The van der Waals surface area contributed by atoms with Crippen molar-refractivity contribution in [2.45, 2.75) is 20.3 Å². The van der Waals surface area contributed by atoms with Gasteiger partial charge in [0.1, 0.15) is 0 Å². The van der Waals surface area contributed by atoms with Gasteiger partial charge in [0.25, 0.3) is 5.91 Å². The minimum Gasteiger partial charge on any atom is -0.493 e. The Balaban J connectivity index is 1.90. The Morgan fingerprint density at radius 1 is 1.21 bits per heavy atom. The number of hydrazone groups is 1. The number of carboxylic acids is 1. The van der Waals surface area contributed by atoms with E-state index >= 15 is 0 Å². The van der Waals surface area contributed by atoms with Gasteiger partial charge in [0, 0.05) is 0 Å². The van der Waals surface area contributed by atoms with Crippen LogP contribution in [0.2, 0.25) is 0 Å². The van der Waals surface area contributed by atoms with Gasteiger partial charge in [-0.2, -0.15) is 10.1 Å². The third-order valence-corrected chi connectivity index (χ3v) is 4.36. The zero-order valence-electron chi connectivity index (χ0n) is 16.5. The Morgan fingerprint density at radius 3 is 2.69 bits per heavy atom. The number of amides is 1. The molecule has 7 heteroatoms. The summed E-state index contributed by atoms with van der Waals surface area (Å²) in [7, 11) is 1.57. The number of nitrogens with zero attached hydrogens (tertiary/aromatic N) is 2. The molecule has 1 aliphatic heterocycles. The Hall–Kier alpha value is -3.61. The second-order valence-electron chi connectivity index (χ2n) is 6.47. The topological polar surface area (TPSA) is 88.4 Å². The molecule has 1 heterocycles. The van der Waals surface area contributed by atoms with E-state index in [-0.39, 0.29) is 11.5 Å². The van der Waals surface area contributed by atoms with Gasteiger partial charge in [-0.3, -0.25) is 4.79 Å². The molecule has 2 aromatic carbocycles. The maximum absolute atomic E-state index is 12.9. The molecule has 150 valence electrons. The zero-order chi connectivity index (χ0) is 21.0. The van der Waals surface area contributed by atoms with Crippen molar-refractivity contribution < 1.29 is 24.2 Å². The largest absolute Gasteiger partial charge is 0.493 e. The lowest BCUT2D eigenvalue weighted by molar-refractivity contribution is -0.114. The molecule has 0 radical (unpaired) electrons. The van der Waals surface area contributed by atoms with Crippen LogP contribution in [-0.4, -0.2) is 36.4 Å². The van der Waals surface area contributed by atoms with Crippen LogP contribution in [0.4, 0.5) is 5.69 Å². The smallest absolute Gasteiger partial charge is 0.335 e. The summed E-state index contributed by atoms with van der Waals surface area (Å²) in [6.07, 6.45) is 2.62. The van der Waals surface area contributed by atoms with E-state index in [9.17, 15) is 9.59 Å². The van der Waals surface area contributed by atoms with Crippen LogP contribution in [0.3, 0.4) is 0 Å². The lowest BCUT2D eigenvalue weighted by Gasteiger charge is -2.12. The molecule has 0 spiro atoms. The van der Waals surface area contributed by atoms with E-state index in [0.29, 0.717) is 35.1 Å². The van der Waals surface area contributed by atoms with E-state index in [4.69, 9.17) is 14.6 Å². The van der Waals surface area contributed by atoms with Gasteiger partial charge in [-0.05, 0) is 55.3 Å². The Kier molecular flexibility index (Phi) is 5.97. The fourth-order valence-electron chi connectivity index (χ4n) is 2.90. The Labute approximate surface area is 168 Å². The molecule has 0 atom stereocenters. The van der Waals surface area contributed by atoms with E-state index in [1.54, 1.807) is 44.4 Å². The van der Waals surface area contributed by atoms with Crippen molar-refractivity contribution in [3.05, 3.63) is 59.2 Å². The molecule has 1 N–H and O–H groups in total. The fourth-order valence-corrected chi connectivity index (χ4v) is 2.90. The van der Waals surface area contributed by atoms with Crippen molar-refractivity contribution in [2.24, 2.45) is 5.10 Å². The van der Waals surface area contributed by atoms with E-state index < -0.39 is 5.97 Å². The summed E-state index contributed by atoms with van der Waals surface area (Å²) in [4.78, 5) is 24.1. The van der Waals surface area contributed by atoms with Gasteiger partial charge in [-0.15, -0.1) is 0 Å². The maximum atomic E-state index is 12.9. The van der Waals surface area contributed by atoms with Gasteiger partial charge >= 0.3 is 5.97 Å². The average Bonchev–Trinajstić information content (AvgIpc) is 3.01. The second kappa shape index (κ2) is 8.60. The lowest BCUT2D eigenvalue weighted by atomic mass is 10.1. The highest BCUT2D eigenvalue weighted by molar-refractivity contribution is 6.32. The minimum atomic E-state index is -1.06. The standard InChI is InChI=1S/C22H22N2O5/c1-4-10-29-19-9-8-15(12-20(19)28-3)11-18-14(2)23-24(21(18)25)17-7-5-6-16(13-17)22(26)27/h5-9,11-13H,4,10H2,1-3H3,(H,26,27). The summed E-state index contributed by atoms with van der Waals surface area (Å²) in [5.41, 5.74) is 2.23. The van der Waals surface area contributed by atoms with Crippen LogP contribution in [0, 0.1) is 0 Å². The van der Waals surface area contributed by atoms with Crippen LogP contribution < -0.4 is 14.5 Å². The molecule has 0 bridgehead atoms. The number of hydrogen-bond acceptors (Lipinski definition) is 5. The number of methoxy groups -OCH3 is 1. The van der Waals surface area contributed by atoms with Crippen LogP contribution in [0.5, 0.6) is 11.5 Å². The highest BCUT2D eigenvalue weighted by Crippen LogP contribution is 2.31. The average molecular weight is 394 g/mol. The molecule has 1 amide bonds. The first-order valence-corrected chi connectivity index (χ1v) is 9.20. The molecule has 0 saturated carbocycles. The minimum absolute atomic E-state index is 0.0907. The van der Waals surface area contributed by atoms with Gasteiger partial charge in [-0.1, -0.05) is 19.1 Å². The number of aromatic carboxylic acids is 1. The predicted molar refractivity (Wildman–Crippen MR) is 111 cm³/mol. The van der Waals surface area contributed by atoms with Crippen LogP contribution >= 0.6 is 0 Å². The molecule has 0 aliphatic carbocycles. The summed E-state index contributed by atoms with van der Waals surface area (Å²) >= 11 is 0. The fraction of sp³-hybridized carbons (Fsp3) is 0.227. The third kappa shape index (κ3) is 4.29. The normalized spacial score (nSPS) is 14.9. The molecule has 0 fully saturated rings. The number of rotatable bonds is 7. The number of anilines is 1. The quantitative estimate of drug-likeness (QED) is 0.718. The van der Waals surface area contributed by atoms with Crippen molar-refractivity contribution in [2.75, 3.05) is 18.7 Å². The molecule has 0 unspecified atom stereocenters. The van der Waals surface area contributed by atoms with E-state index in [2.05, 4.69) is 5.10 Å². The van der Waals surface area contributed by atoms with E-state index in [1.807, 2.05) is 13.0 Å². The first-order valence-electron chi connectivity index (χ1n) is 9.20. The van der Waals surface area contributed by atoms with Crippen molar-refractivity contribution >= 4 is 29.4 Å². The monoisotopic (exact) mass is 394 g/mol. The van der Waals surface area contributed by atoms with E-state index in [1.165, 1.54) is 17.1 Å². The van der Waals surface area contributed by atoms with Crippen LogP contribution in [0.1, 0.15) is 36.2 Å². The highest BCUT2D eigenvalue weighted by atomic mass is 16.5. The number of carbonyl (C=O) groups excluding carboxylic acids is 1. The molecule has 7 nitrogen and oxygen atoms in total. The molecule has 0 saturated heterocycles. The number of benzene rings is 2. The van der Waals surface area contributed by atoms with Gasteiger partial charge < -0.3 is 14.6 Å². The van der Waals surface area contributed by atoms with Crippen molar-refractivity contribution in [3.8, 4) is 11.5 Å². The van der Waals surface area contributed by atoms with Gasteiger partial charge in [0.15, 0.2) is 11.5 Å². The molecule has 1 aliphatic rings. The molecule has 2 aromatic rings. The number of carboxylic acid groups (broad SMARTS) is 1. The number of hydrogen-bond donors (Lipinski definition) is 1. The summed E-state index contributed by atoms with van der Waals surface area (Å²) in [6.45, 7) is 4.35. The molecule has 0 aromatic heterocycles. The van der Waals surface area contributed by atoms with Crippen molar-refractivity contribution in [3.63, 3.8) is 0 Å². The molecular formula is C22H22N2O5. The zero-order valence-corrected chi connectivity index (χ0v) is 16.5. The first kappa shape index (κ1) is 20.1. The highest BCUT2D eigenvalue weighted by Gasteiger charge is 2.29. The second-order valence-corrected chi connectivity index (χ2v) is 6.47. The third-order valence-electron chi connectivity index (χ3n) is 4.36. The SMILES string of the molecule is CCCOc1ccc(C=C2C(=O)N(c3cccc(C(=O)O)c3)N=C2C)cc1OC. The van der Waals surface area contributed by atoms with Crippen LogP contribution in [0.25, 0.3) is 6.08 Å². The molecule has 3 rings (SSSR count). The summed E-state index contributed by atoms with van der Waals surface area (Å²) in [5.74, 6) is -0.159. The Morgan fingerprint density at radius 2 is 2.00 bits per heavy atom.